The average molecular weight is 255 g/mol. The van der Waals surface area contributed by atoms with Gasteiger partial charge in [-0.05, 0) is 45.3 Å². The number of carbonyl (C=O) groups is 1. The summed E-state index contributed by atoms with van der Waals surface area (Å²) in [4.78, 5) is 13.2. The van der Waals surface area contributed by atoms with Gasteiger partial charge in [0.05, 0.1) is 6.21 Å². The van der Waals surface area contributed by atoms with Crippen molar-refractivity contribution in [1.82, 2.24) is 15.6 Å². The van der Waals surface area contributed by atoms with Crippen molar-refractivity contribution in [2.24, 2.45) is 5.84 Å². The molecule has 0 aromatic heterocycles. The molecular weight excluding hydrogens is 230 g/mol. The molecule has 0 aliphatic carbocycles. The molecule has 1 rings (SSSR count). The lowest BCUT2D eigenvalue weighted by Crippen LogP contribution is -2.45. The van der Waals surface area contributed by atoms with E-state index in [9.17, 15) is 4.79 Å². The third-order valence-corrected chi connectivity index (χ3v) is 3.40. The Balaban J connectivity index is 1.92. The summed E-state index contributed by atoms with van der Waals surface area (Å²) < 4.78 is 0. The largest absolute Gasteiger partial charge is 0.351 e. The highest BCUT2D eigenvalue weighted by molar-refractivity contribution is 6.24. The minimum atomic E-state index is -0.300. The van der Waals surface area contributed by atoms with Crippen molar-refractivity contribution >= 4 is 12.1 Å². The molecule has 0 spiro atoms. The van der Waals surface area contributed by atoms with E-state index in [1.165, 1.54) is 6.42 Å². The van der Waals surface area contributed by atoms with Gasteiger partial charge in [0, 0.05) is 12.6 Å². The van der Waals surface area contributed by atoms with Gasteiger partial charge >= 0.3 is 0 Å². The molecule has 18 heavy (non-hydrogen) atoms. The highest BCUT2D eigenvalue weighted by atomic mass is 16.1. The Kier molecular flexibility index (Phi) is 7.55. The molecule has 1 fully saturated rings. The molecule has 0 unspecified atom stereocenters. The Morgan fingerprint density at radius 2 is 2.06 bits per heavy atom. The molecule has 1 saturated heterocycles. The first-order valence-electron chi connectivity index (χ1n) is 6.73. The summed E-state index contributed by atoms with van der Waals surface area (Å²) in [7, 11) is 0. The summed E-state index contributed by atoms with van der Waals surface area (Å²) in [6.07, 6.45) is 6.35. The lowest BCUT2D eigenvalue weighted by Gasteiger charge is -2.31. The van der Waals surface area contributed by atoms with E-state index in [2.05, 4.69) is 15.6 Å². The molecule has 0 saturated carbocycles. The number of hydrogen-bond acceptors (Lipinski definition) is 5. The summed E-state index contributed by atoms with van der Waals surface area (Å²) in [5, 5.41) is 9.40. The van der Waals surface area contributed by atoms with Gasteiger partial charge in [-0.2, -0.15) is 0 Å². The topological polar surface area (TPSA) is 94.2 Å². The number of hydrazine groups is 1. The van der Waals surface area contributed by atoms with Gasteiger partial charge in [0.25, 0.3) is 5.91 Å². The maximum Gasteiger partial charge on any atom is 0.261 e. The Morgan fingerprint density at radius 1 is 1.33 bits per heavy atom. The van der Waals surface area contributed by atoms with Crippen LogP contribution in [0.3, 0.4) is 0 Å². The number of amides is 1. The summed E-state index contributed by atoms with van der Waals surface area (Å²) in [6, 6.07) is 0.484. The predicted octanol–water partition coefficient (Wildman–Crippen LogP) is -0.150. The highest BCUT2D eigenvalue weighted by Crippen LogP contribution is 2.10. The van der Waals surface area contributed by atoms with Crippen molar-refractivity contribution in [3.8, 4) is 0 Å². The lowest BCUT2D eigenvalue weighted by molar-refractivity contribution is -0.114. The molecule has 6 nitrogen and oxygen atoms in total. The van der Waals surface area contributed by atoms with Gasteiger partial charge < -0.3 is 15.6 Å². The summed E-state index contributed by atoms with van der Waals surface area (Å²) in [6.45, 7) is 4.06. The number of carbonyl (C=O) groups excluding carboxylic acids is 1. The van der Waals surface area contributed by atoms with E-state index in [1.807, 2.05) is 0 Å². The predicted molar refractivity (Wildman–Crippen MR) is 72.4 cm³/mol. The van der Waals surface area contributed by atoms with E-state index in [-0.39, 0.29) is 5.91 Å². The fourth-order valence-corrected chi connectivity index (χ4v) is 2.22. The number of hydrogen-bond donors (Lipinski definition) is 4. The molecule has 0 radical (unpaired) electrons. The summed E-state index contributed by atoms with van der Waals surface area (Å²) in [5.41, 5.74) is 2.84. The Labute approximate surface area is 109 Å². The van der Waals surface area contributed by atoms with Gasteiger partial charge in [0.2, 0.25) is 0 Å². The number of unbranched alkanes of at least 4 members (excludes halogenated alkanes) is 2. The van der Waals surface area contributed by atoms with E-state index in [0.717, 1.165) is 51.5 Å². The second-order valence-corrected chi connectivity index (χ2v) is 4.78. The van der Waals surface area contributed by atoms with Gasteiger partial charge in [-0.3, -0.25) is 16.1 Å². The molecule has 0 atom stereocenters. The van der Waals surface area contributed by atoms with Crippen molar-refractivity contribution in [3.05, 3.63) is 0 Å². The van der Waals surface area contributed by atoms with Crippen LogP contribution in [0.1, 0.15) is 32.1 Å². The fourth-order valence-electron chi connectivity index (χ4n) is 2.22. The van der Waals surface area contributed by atoms with E-state index in [0.29, 0.717) is 12.6 Å². The smallest absolute Gasteiger partial charge is 0.261 e. The summed E-state index contributed by atoms with van der Waals surface area (Å²) in [5.74, 6) is 5.12. The molecule has 0 bridgehead atoms. The zero-order valence-corrected chi connectivity index (χ0v) is 11.0. The second-order valence-electron chi connectivity index (χ2n) is 4.78. The molecule has 1 aliphatic rings. The van der Waals surface area contributed by atoms with E-state index >= 15 is 0 Å². The van der Waals surface area contributed by atoms with Crippen molar-refractivity contribution in [1.29, 1.82) is 5.41 Å². The standard InChI is InChI=1S/C12H25N5O/c13-10-12(18)15-6-2-1-3-7-17-8-4-11(16-14)5-9-17/h10-11,13,16H,1-9,14H2,(H,15,18). The van der Waals surface area contributed by atoms with Crippen LogP contribution in [0.25, 0.3) is 0 Å². The van der Waals surface area contributed by atoms with Gasteiger partial charge in [-0.1, -0.05) is 6.42 Å². The van der Waals surface area contributed by atoms with E-state index < -0.39 is 0 Å². The van der Waals surface area contributed by atoms with E-state index in [1.54, 1.807) is 0 Å². The number of piperidine rings is 1. The molecule has 1 aliphatic heterocycles. The highest BCUT2D eigenvalue weighted by Gasteiger charge is 2.16. The van der Waals surface area contributed by atoms with Crippen LogP contribution in [0.2, 0.25) is 0 Å². The van der Waals surface area contributed by atoms with Crippen LogP contribution in [0, 0.1) is 5.41 Å². The van der Waals surface area contributed by atoms with Crippen molar-refractivity contribution in [2.45, 2.75) is 38.1 Å². The molecule has 0 aromatic rings. The maximum atomic E-state index is 10.8. The maximum absolute atomic E-state index is 10.8. The first kappa shape index (κ1) is 15.1. The third kappa shape index (κ3) is 6.09. The molecular formula is C12H25N5O. The monoisotopic (exact) mass is 255 g/mol. The number of nitrogens with two attached hydrogens (primary N) is 1. The number of nitrogens with one attached hydrogen (secondary N) is 3. The molecule has 5 N–H and O–H groups in total. The normalized spacial score (nSPS) is 17.6. The minimum absolute atomic E-state index is 0.300. The lowest BCUT2D eigenvalue weighted by atomic mass is 10.1. The zero-order valence-electron chi connectivity index (χ0n) is 11.0. The second kappa shape index (κ2) is 9.02. The minimum Gasteiger partial charge on any atom is -0.351 e. The van der Waals surface area contributed by atoms with Crippen LogP contribution in [-0.2, 0) is 4.79 Å². The van der Waals surface area contributed by atoms with Crippen molar-refractivity contribution in [2.75, 3.05) is 26.2 Å². The van der Waals surface area contributed by atoms with Crippen molar-refractivity contribution in [3.63, 3.8) is 0 Å². The van der Waals surface area contributed by atoms with Crippen LogP contribution in [0.4, 0.5) is 0 Å². The summed E-state index contributed by atoms with van der Waals surface area (Å²) >= 11 is 0. The Morgan fingerprint density at radius 3 is 2.67 bits per heavy atom. The molecule has 6 heteroatoms. The van der Waals surface area contributed by atoms with Crippen LogP contribution in [0.5, 0.6) is 0 Å². The van der Waals surface area contributed by atoms with Crippen LogP contribution < -0.4 is 16.6 Å². The number of rotatable bonds is 8. The zero-order chi connectivity index (χ0) is 13.2. The Hall–Kier alpha value is -0.980. The van der Waals surface area contributed by atoms with Crippen LogP contribution in [-0.4, -0.2) is 49.2 Å². The molecule has 1 amide bonds. The number of likely N-dealkylation sites (tertiary alicyclic amines) is 1. The Bertz CT molecular complexity index is 251. The van der Waals surface area contributed by atoms with Gasteiger partial charge in [-0.15, -0.1) is 0 Å². The average Bonchev–Trinajstić information content (AvgIpc) is 2.43. The first-order valence-corrected chi connectivity index (χ1v) is 6.73. The first-order chi connectivity index (χ1) is 8.76. The third-order valence-electron chi connectivity index (χ3n) is 3.40. The SMILES string of the molecule is N=CC(=O)NCCCCCN1CCC(NN)CC1. The van der Waals surface area contributed by atoms with Crippen LogP contribution >= 0.6 is 0 Å². The number of nitrogens with zero attached hydrogens (tertiary/aromatic N) is 1. The molecule has 0 aromatic carbocycles. The van der Waals surface area contributed by atoms with E-state index in [4.69, 9.17) is 11.3 Å². The van der Waals surface area contributed by atoms with Gasteiger partial charge in [-0.25, -0.2) is 0 Å². The van der Waals surface area contributed by atoms with Gasteiger partial charge in [0.1, 0.15) is 0 Å². The fraction of sp³-hybridized carbons (Fsp3) is 0.833. The molecule has 1 heterocycles. The van der Waals surface area contributed by atoms with Crippen LogP contribution in [0.15, 0.2) is 0 Å². The molecule has 104 valence electrons. The van der Waals surface area contributed by atoms with Gasteiger partial charge in [0.15, 0.2) is 0 Å². The quantitative estimate of drug-likeness (QED) is 0.210. The van der Waals surface area contributed by atoms with Crippen molar-refractivity contribution < 1.29 is 4.79 Å².